The third-order valence-corrected chi connectivity index (χ3v) is 13.7. The summed E-state index contributed by atoms with van der Waals surface area (Å²) in [5.41, 5.74) is 7.61. The van der Waals surface area contributed by atoms with Crippen molar-refractivity contribution in [3.63, 3.8) is 0 Å². The Morgan fingerprint density at radius 2 is 0.741 bits per heavy atom. The van der Waals surface area contributed by atoms with E-state index in [2.05, 4.69) is 182 Å². The van der Waals surface area contributed by atoms with Crippen LogP contribution in [-0.4, -0.2) is 0 Å². The van der Waals surface area contributed by atoms with Gasteiger partial charge in [0.25, 0.3) is 0 Å². The van der Waals surface area contributed by atoms with Gasteiger partial charge in [-0.2, -0.15) is 0 Å². The molecule has 2 aromatic heterocycles. The largest absolute Gasteiger partial charge is 0.135 e. The number of fused-ring (bicyclic) bond motifs is 10. The normalized spacial score (nSPS) is 12.1. The van der Waals surface area contributed by atoms with Crippen molar-refractivity contribution < 1.29 is 0 Å². The second kappa shape index (κ2) is 11.6. The lowest BCUT2D eigenvalue weighted by Gasteiger charge is -2.19. The van der Waals surface area contributed by atoms with Crippen LogP contribution < -0.4 is 0 Å². The van der Waals surface area contributed by atoms with Crippen LogP contribution >= 0.6 is 22.7 Å². The maximum atomic E-state index is 2.43. The smallest absolute Gasteiger partial charge is 0.0369 e. The average Bonchev–Trinajstić information content (AvgIpc) is 3.78. The average molecular weight is 719 g/mol. The van der Waals surface area contributed by atoms with E-state index < -0.39 is 0 Å². The zero-order valence-electron chi connectivity index (χ0n) is 29.1. The van der Waals surface area contributed by atoms with Crippen LogP contribution in [0.25, 0.3) is 117 Å². The molecule has 0 aliphatic heterocycles. The van der Waals surface area contributed by atoms with Crippen LogP contribution in [-0.2, 0) is 0 Å². The molecule has 0 spiro atoms. The van der Waals surface area contributed by atoms with Gasteiger partial charge in [0.1, 0.15) is 0 Å². The summed E-state index contributed by atoms with van der Waals surface area (Å²) in [6, 6.07) is 68.0. The monoisotopic (exact) mass is 718 g/mol. The molecule has 2 heteroatoms. The summed E-state index contributed by atoms with van der Waals surface area (Å²) in [6.07, 6.45) is 0. The van der Waals surface area contributed by atoms with Crippen molar-refractivity contribution in [2.45, 2.75) is 0 Å². The van der Waals surface area contributed by atoms with E-state index >= 15 is 0 Å². The van der Waals surface area contributed by atoms with E-state index in [0.717, 1.165) is 0 Å². The van der Waals surface area contributed by atoms with Crippen LogP contribution in [0.2, 0.25) is 0 Å². The molecule has 0 saturated carbocycles. The molecule has 10 aromatic carbocycles. The molecule has 12 rings (SSSR count). The Bertz CT molecular complexity index is 3440. The first-order valence-electron chi connectivity index (χ1n) is 18.5. The van der Waals surface area contributed by atoms with Crippen LogP contribution in [0, 0.1) is 0 Å². The lowest BCUT2D eigenvalue weighted by Crippen LogP contribution is -1.91. The van der Waals surface area contributed by atoms with Gasteiger partial charge in [-0.25, -0.2) is 0 Å². The molecular weight excluding hydrogens is 689 g/mol. The molecule has 0 radical (unpaired) electrons. The molecular formula is C52H30S2. The molecule has 0 saturated heterocycles. The van der Waals surface area contributed by atoms with Gasteiger partial charge in [-0.1, -0.05) is 140 Å². The van der Waals surface area contributed by atoms with Crippen LogP contribution in [0.1, 0.15) is 0 Å². The summed E-state index contributed by atoms with van der Waals surface area (Å²) in [7, 11) is 0. The molecule has 54 heavy (non-hydrogen) atoms. The van der Waals surface area contributed by atoms with Gasteiger partial charge in [-0.3, -0.25) is 0 Å². The van der Waals surface area contributed by atoms with Crippen LogP contribution in [0.5, 0.6) is 0 Å². The maximum Gasteiger partial charge on any atom is 0.0369 e. The van der Waals surface area contributed by atoms with Crippen molar-refractivity contribution in [3.05, 3.63) is 182 Å². The van der Waals surface area contributed by atoms with Gasteiger partial charge in [0.2, 0.25) is 0 Å². The van der Waals surface area contributed by atoms with E-state index in [-0.39, 0.29) is 0 Å². The first kappa shape index (κ1) is 30.2. The fraction of sp³-hybridized carbons (Fsp3) is 0. The highest BCUT2D eigenvalue weighted by molar-refractivity contribution is 7.28. The summed E-state index contributed by atoms with van der Waals surface area (Å²) >= 11 is 3.79. The van der Waals surface area contributed by atoms with E-state index in [1.807, 2.05) is 22.7 Å². The predicted octanol–water partition coefficient (Wildman–Crippen LogP) is 16.0. The fourth-order valence-corrected chi connectivity index (χ4v) is 11.2. The van der Waals surface area contributed by atoms with Gasteiger partial charge in [0, 0.05) is 40.3 Å². The minimum atomic E-state index is 1.24. The maximum absolute atomic E-state index is 2.43. The third kappa shape index (κ3) is 4.48. The molecule has 0 unspecified atom stereocenters. The quantitative estimate of drug-likeness (QED) is 0.160. The highest BCUT2D eigenvalue weighted by Gasteiger charge is 2.18. The molecule has 2 heterocycles. The van der Waals surface area contributed by atoms with Crippen LogP contribution in [0.15, 0.2) is 182 Å². The van der Waals surface area contributed by atoms with Crippen molar-refractivity contribution in [1.82, 2.24) is 0 Å². The van der Waals surface area contributed by atoms with E-state index in [0.29, 0.717) is 0 Å². The summed E-state index contributed by atoms with van der Waals surface area (Å²) < 4.78 is 5.42. The Labute approximate surface area is 319 Å². The van der Waals surface area contributed by atoms with Crippen LogP contribution in [0.4, 0.5) is 0 Å². The third-order valence-electron chi connectivity index (χ3n) is 11.4. The predicted molar refractivity (Wildman–Crippen MR) is 239 cm³/mol. The number of thiophene rings is 2. The molecule has 0 aliphatic rings. The lowest BCUT2D eigenvalue weighted by molar-refractivity contribution is 1.67. The second-order valence-corrected chi connectivity index (χ2v) is 16.6. The zero-order chi connectivity index (χ0) is 35.3. The molecule has 0 N–H and O–H groups in total. The van der Waals surface area contributed by atoms with E-state index in [1.54, 1.807) is 0 Å². The minimum absolute atomic E-state index is 1.24. The standard InChI is InChI=1S/C52H30S2/c1-2-12-37-31(10-1)11-9-18-39(37)52-42-16-5-3-14-40(42)51(41-15-4-6-17-43(41)52)36-23-22-32-26-33(20-21-34(32)27-36)35-24-25-48-44(28-35)46-29-45-38-13-7-8-19-47(38)53-49(45)30-50(46)54-48/h1-30H. The van der Waals surface area contributed by atoms with Gasteiger partial charge < -0.3 is 0 Å². The molecule has 0 nitrogen and oxygen atoms in total. The first-order chi connectivity index (χ1) is 26.7. The van der Waals surface area contributed by atoms with Crippen molar-refractivity contribution in [2.24, 2.45) is 0 Å². The zero-order valence-corrected chi connectivity index (χ0v) is 30.8. The van der Waals surface area contributed by atoms with E-state index in [9.17, 15) is 0 Å². The number of hydrogen-bond donors (Lipinski definition) is 0. The second-order valence-electron chi connectivity index (χ2n) is 14.4. The Kier molecular flexibility index (Phi) is 6.48. The molecule has 0 aliphatic carbocycles. The molecule has 0 atom stereocenters. The number of hydrogen-bond acceptors (Lipinski definition) is 2. The summed E-state index contributed by atoms with van der Waals surface area (Å²) in [5, 5.41) is 15.6. The van der Waals surface area contributed by atoms with Crippen molar-refractivity contribution in [3.8, 4) is 33.4 Å². The van der Waals surface area contributed by atoms with Gasteiger partial charge in [-0.05, 0) is 119 Å². The van der Waals surface area contributed by atoms with E-state index in [4.69, 9.17) is 0 Å². The molecule has 0 bridgehead atoms. The van der Waals surface area contributed by atoms with E-state index in [1.165, 1.54) is 117 Å². The Morgan fingerprint density at radius 1 is 0.241 bits per heavy atom. The van der Waals surface area contributed by atoms with Gasteiger partial charge in [-0.15, -0.1) is 22.7 Å². The molecule has 12 aromatic rings. The summed E-state index contributed by atoms with van der Waals surface area (Å²) in [4.78, 5) is 0. The fourth-order valence-electron chi connectivity index (χ4n) is 8.93. The number of rotatable bonds is 3. The number of benzene rings is 10. The summed E-state index contributed by atoms with van der Waals surface area (Å²) in [6.45, 7) is 0. The molecule has 0 fully saturated rings. The van der Waals surface area contributed by atoms with Crippen molar-refractivity contribution >= 4 is 106 Å². The highest BCUT2D eigenvalue weighted by atomic mass is 32.1. The van der Waals surface area contributed by atoms with Crippen LogP contribution in [0.3, 0.4) is 0 Å². The first-order valence-corrected chi connectivity index (χ1v) is 20.1. The Balaban J connectivity index is 1.000. The topological polar surface area (TPSA) is 0 Å². The van der Waals surface area contributed by atoms with Crippen molar-refractivity contribution in [2.75, 3.05) is 0 Å². The SMILES string of the molecule is c1ccc2c(-c3c4ccccc4c(-c4ccc5cc(-c6ccc7sc8cc9sc%10ccccc%10c9cc8c7c6)ccc5c4)c4ccccc34)cccc2c1. The van der Waals surface area contributed by atoms with Gasteiger partial charge >= 0.3 is 0 Å². The minimum Gasteiger partial charge on any atom is -0.135 e. The summed E-state index contributed by atoms with van der Waals surface area (Å²) in [5.74, 6) is 0. The Morgan fingerprint density at radius 3 is 1.48 bits per heavy atom. The highest BCUT2D eigenvalue weighted by Crippen LogP contribution is 2.46. The van der Waals surface area contributed by atoms with Crippen molar-refractivity contribution in [1.29, 1.82) is 0 Å². The molecule has 0 amide bonds. The molecule has 250 valence electrons. The lowest BCUT2D eigenvalue weighted by atomic mass is 9.84. The van der Waals surface area contributed by atoms with Gasteiger partial charge in [0.05, 0.1) is 0 Å². The van der Waals surface area contributed by atoms with Gasteiger partial charge in [0.15, 0.2) is 0 Å². The Hall–Kier alpha value is -6.32.